The first-order valence-electron chi connectivity index (χ1n) is 8.38. The maximum Gasteiger partial charge on any atom is 0.308 e. The van der Waals surface area contributed by atoms with Crippen LogP contribution in [0.15, 0.2) is 51.8 Å². The molecule has 2 aromatic carbocycles. The van der Waals surface area contributed by atoms with E-state index in [0.29, 0.717) is 33.0 Å². The molecule has 28 heavy (non-hydrogen) atoms. The zero-order chi connectivity index (χ0) is 20.3. The smallest absolute Gasteiger partial charge is 0.308 e. The lowest BCUT2D eigenvalue weighted by Gasteiger charge is -2.14. The van der Waals surface area contributed by atoms with Crippen molar-refractivity contribution in [3.63, 3.8) is 0 Å². The van der Waals surface area contributed by atoms with Crippen molar-refractivity contribution in [1.29, 1.82) is 0 Å². The molecule has 1 aliphatic rings. The molecule has 0 spiro atoms. The lowest BCUT2D eigenvalue weighted by atomic mass is 10.1. The lowest BCUT2D eigenvalue weighted by Crippen LogP contribution is -2.27. The van der Waals surface area contributed by atoms with E-state index in [-0.39, 0.29) is 5.91 Å². The minimum atomic E-state index is -0.427. The summed E-state index contributed by atoms with van der Waals surface area (Å²) in [4.78, 5) is 26.1. The summed E-state index contributed by atoms with van der Waals surface area (Å²) < 4.78 is 12.1. The molecule has 5 nitrogen and oxygen atoms in total. The summed E-state index contributed by atoms with van der Waals surface area (Å²) in [5.41, 5.74) is 1.46. The van der Waals surface area contributed by atoms with Crippen LogP contribution in [0.4, 0.5) is 5.69 Å². The van der Waals surface area contributed by atoms with Gasteiger partial charge in [0.25, 0.3) is 5.91 Å². The van der Waals surface area contributed by atoms with Gasteiger partial charge in [0, 0.05) is 11.4 Å². The predicted octanol–water partition coefficient (Wildman–Crippen LogP) is 5.18. The van der Waals surface area contributed by atoms with E-state index in [1.54, 1.807) is 24.3 Å². The zero-order valence-electron chi connectivity index (χ0n) is 15.1. The quantitative estimate of drug-likeness (QED) is 0.256. The number of carbonyl (C=O) groups excluding carboxylic acids is 2. The van der Waals surface area contributed by atoms with Gasteiger partial charge in [0.1, 0.15) is 0 Å². The number of hydrogen-bond donors (Lipinski definition) is 0. The Kier molecular flexibility index (Phi) is 6.53. The summed E-state index contributed by atoms with van der Waals surface area (Å²) in [6.45, 7) is 3.59. The highest BCUT2D eigenvalue weighted by Crippen LogP contribution is 2.37. The Balaban J connectivity index is 1.90. The van der Waals surface area contributed by atoms with E-state index >= 15 is 0 Å². The number of thiocarbonyl (C=S) groups is 1. The van der Waals surface area contributed by atoms with Crippen LogP contribution in [0.1, 0.15) is 19.4 Å². The Bertz CT molecular complexity index is 973. The SMILES string of the molecule is CCOc1cc(/C=C2/SC(=S)N(c3ccc(Br)cc3)C2=O)ccc1OC(C)=O. The molecule has 0 aromatic heterocycles. The number of carbonyl (C=O) groups is 2. The average Bonchev–Trinajstić information content (AvgIpc) is 2.91. The third-order valence-corrected chi connectivity index (χ3v) is 5.53. The minimum Gasteiger partial charge on any atom is -0.490 e. The fourth-order valence-electron chi connectivity index (χ4n) is 2.55. The van der Waals surface area contributed by atoms with Gasteiger partial charge in [-0.15, -0.1) is 0 Å². The second-order valence-corrected chi connectivity index (χ2v) is 8.32. The lowest BCUT2D eigenvalue weighted by molar-refractivity contribution is -0.132. The molecule has 0 saturated carbocycles. The molecule has 0 unspecified atom stereocenters. The number of anilines is 1. The molecule has 1 amide bonds. The van der Waals surface area contributed by atoms with Crippen LogP contribution in [0.5, 0.6) is 11.5 Å². The van der Waals surface area contributed by atoms with Crippen LogP contribution in [-0.4, -0.2) is 22.8 Å². The number of rotatable bonds is 5. The number of esters is 1. The molecule has 0 radical (unpaired) electrons. The van der Waals surface area contributed by atoms with Crippen LogP contribution in [0.25, 0.3) is 6.08 Å². The van der Waals surface area contributed by atoms with E-state index in [9.17, 15) is 9.59 Å². The molecular weight excluding hydrogens is 462 g/mol. The third-order valence-electron chi connectivity index (χ3n) is 3.70. The molecular formula is C20H16BrNO4S2. The summed E-state index contributed by atoms with van der Waals surface area (Å²) in [5.74, 6) is 0.173. The molecule has 3 rings (SSSR count). The van der Waals surface area contributed by atoms with E-state index in [0.717, 1.165) is 10.0 Å². The summed E-state index contributed by atoms with van der Waals surface area (Å²) in [6.07, 6.45) is 1.75. The second kappa shape index (κ2) is 8.89. The molecule has 0 bridgehead atoms. The van der Waals surface area contributed by atoms with Gasteiger partial charge in [-0.3, -0.25) is 14.5 Å². The van der Waals surface area contributed by atoms with Crippen LogP contribution < -0.4 is 14.4 Å². The number of nitrogens with zero attached hydrogens (tertiary/aromatic N) is 1. The molecule has 8 heteroatoms. The van der Waals surface area contributed by atoms with Crippen molar-refractivity contribution in [2.75, 3.05) is 11.5 Å². The highest BCUT2D eigenvalue weighted by atomic mass is 79.9. The highest BCUT2D eigenvalue weighted by molar-refractivity contribution is 9.10. The number of hydrogen-bond acceptors (Lipinski definition) is 6. The first kappa shape index (κ1) is 20.6. The number of thioether (sulfide) groups is 1. The van der Waals surface area contributed by atoms with Gasteiger partial charge in [-0.05, 0) is 55.0 Å². The first-order valence-corrected chi connectivity index (χ1v) is 10.4. The van der Waals surface area contributed by atoms with Crippen LogP contribution in [0, 0.1) is 0 Å². The summed E-state index contributed by atoms with van der Waals surface area (Å²) in [5, 5.41) is 0. The number of ether oxygens (including phenoxy) is 2. The largest absolute Gasteiger partial charge is 0.490 e. The Labute approximate surface area is 180 Å². The number of benzene rings is 2. The molecule has 0 aliphatic carbocycles. The van der Waals surface area contributed by atoms with Crippen molar-refractivity contribution in [2.45, 2.75) is 13.8 Å². The van der Waals surface area contributed by atoms with Crippen LogP contribution in [-0.2, 0) is 9.59 Å². The maximum absolute atomic E-state index is 12.9. The van der Waals surface area contributed by atoms with Gasteiger partial charge in [0.05, 0.1) is 17.2 Å². The van der Waals surface area contributed by atoms with Crippen molar-refractivity contribution in [2.24, 2.45) is 0 Å². The normalized spacial score (nSPS) is 15.2. The van der Waals surface area contributed by atoms with E-state index in [4.69, 9.17) is 21.7 Å². The Hall–Kier alpha value is -2.16. The number of amides is 1. The van der Waals surface area contributed by atoms with Gasteiger partial charge in [-0.1, -0.05) is 46.0 Å². The van der Waals surface area contributed by atoms with Crippen LogP contribution in [0.2, 0.25) is 0 Å². The van der Waals surface area contributed by atoms with Crippen LogP contribution >= 0.6 is 39.9 Å². The zero-order valence-corrected chi connectivity index (χ0v) is 18.3. The van der Waals surface area contributed by atoms with E-state index in [2.05, 4.69) is 15.9 Å². The predicted molar refractivity (Wildman–Crippen MR) is 119 cm³/mol. The van der Waals surface area contributed by atoms with Gasteiger partial charge in [0.15, 0.2) is 15.8 Å². The minimum absolute atomic E-state index is 0.181. The fourth-order valence-corrected chi connectivity index (χ4v) is 4.12. The third kappa shape index (κ3) is 4.63. The van der Waals surface area contributed by atoms with Crippen molar-refractivity contribution < 1.29 is 19.1 Å². The Morgan fingerprint density at radius 2 is 1.93 bits per heavy atom. The highest BCUT2D eigenvalue weighted by Gasteiger charge is 2.33. The van der Waals surface area contributed by atoms with Gasteiger partial charge < -0.3 is 9.47 Å². The number of halogens is 1. The van der Waals surface area contributed by atoms with Crippen molar-refractivity contribution in [3.05, 3.63) is 57.4 Å². The molecule has 1 aliphatic heterocycles. The van der Waals surface area contributed by atoms with Crippen molar-refractivity contribution in [1.82, 2.24) is 0 Å². The Morgan fingerprint density at radius 1 is 1.21 bits per heavy atom. The van der Waals surface area contributed by atoms with Crippen molar-refractivity contribution in [3.8, 4) is 11.5 Å². The van der Waals surface area contributed by atoms with Gasteiger partial charge >= 0.3 is 5.97 Å². The van der Waals surface area contributed by atoms with Crippen molar-refractivity contribution >= 4 is 67.9 Å². The molecule has 2 aromatic rings. The first-order chi connectivity index (χ1) is 13.4. The summed E-state index contributed by atoms with van der Waals surface area (Å²) in [6, 6.07) is 12.5. The van der Waals surface area contributed by atoms with E-state index in [1.807, 2.05) is 31.2 Å². The fraction of sp³-hybridized carbons (Fsp3) is 0.150. The molecule has 144 valence electrons. The molecule has 0 atom stereocenters. The topological polar surface area (TPSA) is 55.8 Å². The summed E-state index contributed by atoms with van der Waals surface area (Å²) in [7, 11) is 0. The summed E-state index contributed by atoms with van der Waals surface area (Å²) >= 11 is 10.0. The maximum atomic E-state index is 12.9. The average molecular weight is 478 g/mol. The van der Waals surface area contributed by atoms with Gasteiger partial charge in [-0.25, -0.2) is 0 Å². The van der Waals surface area contributed by atoms with Gasteiger partial charge in [-0.2, -0.15) is 0 Å². The second-order valence-electron chi connectivity index (χ2n) is 5.73. The monoisotopic (exact) mass is 477 g/mol. The van der Waals surface area contributed by atoms with Crippen LogP contribution in [0.3, 0.4) is 0 Å². The van der Waals surface area contributed by atoms with Gasteiger partial charge in [0.2, 0.25) is 0 Å². The molecule has 1 heterocycles. The van der Waals surface area contributed by atoms with E-state index < -0.39 is 5.97 Å². The molecule has 1 saturated heterocycles. The standard InChI is InChI=1S/C20H16BrNO4S2/c1-3-25-17-10-13(4-9-16(17)26-12(2)23)11-18-19(24)22(20(27)28-18)15-7-5-14(21)6-8-15/h4-11H,3H2,1-2H3/b18-11+. The van der Waals surface area contributed by atoms with E-state index in [1.165, 1.54) is 23.6 Å². The molecule has 0 N–H and O–H groups in total. The Morgan fingerprint density at radius 3 is 2.57 bits per heavy atom. The molecule has 1 fully saturated rings.